The van der Waals surface area contributed by atoms with Crippen molar-refractivity contribution in [3.8, 4) is 0 Å². The number of Topliss-reactive ketones (excluding diaryl/α,β-unsaturated/α-hetero) is 1. The Morgan fingerprint density at radius 2 is 1.39 bits per heavy atom. The molecule has 1 heterocycles. The third kappa shape index (κ3) is 8.53. The Kier molecular flexibility index (Phi) is 13.4. The SMILES string of the molecule is CC(=O)OC1C(=O)C2(C)C(OC(=O)C(C)N)CC3OCC3(OC(C)=O)C2C(OC(=O)c2ccccc2)C2(O)CC(OC(=O)C(O)C(NC(=O)c3ccccc3)c3ccccc3)C(C)=C1C2(C)C. The highest BCUT2D eigenvalue weighted by Gasteiger charge is 2.79. The van der Waals surface area contributed by atoms with Crippen LogP contribution in [0.25, 0.3) is 0 Å². The zero-order chi connectivity index (χ0) is 48.8. The Morgan fingerprint density at radius 3 is 1.93 bits per heavy atom. The molecule has 1 aliphatic heterocycles. The zero-order valence-electron chi connectivity index (χ0n) is 38.3. The van der Waals surface area contributed by atoms with E-state index in [-0.39, 0.29) is 35.3 Å². The van der Waals surface area contributed by atoms with Crippen molar-refractivity contribution in [3.05, 3.63) is 119 Å². The molecule has 0 aromatic heterocycles. The molecule has 2 saturated carbocycles. The van der Waals surface area contributed by atoms with Crippen LogP contribution < -0.4 is 11.1 Å². The van der Waals surface area contributed by atoms with E-state index in [4.69, 9.17) is 34.2 Å². The van der Waals surface area contributed by atoms with Crippen LogP contribution in [0.3, 0.4) is 0 Å². The van der Waals surface area contributed by atoms with Crippen molar-refractivity contribution in [2.45, 2.75) is 121 Å². The Hall–Kier alpha value is -6.27. The highest BCUT2D eigenvalue weighted by Crippen LogP contribution is 2.65. The standard InChI is InChI=1S/C50H56N2O15/c1-26-33(64-46(60)38(55)37(30-17-11-8-12-18-30)52-43(57)31-19-13-9-14-20-31)24-50(61)42(66-45(59)32-21-15-10-16-22-32)40-48(7,41(56)39(63-28(3)53)36(26)47(50,5)6)34(65-44(58)27(2)51)23-35-49(40,25-62-35)67-29(4)54/h8-22,27,33-35,37-40,42,55,61H,23-25,51H2,1-7H3,(H,52,57). The van der Waals surface area contributed by atoms with E-state index in [2.05, 4.69) is 5.32 Å². The average Bonchev–Trinajstić information content (AvgIpc) is 3.28. The number of carbonyl (C=O) groups is 7. The Morgan fingerprint density at radius 1 is 0.806 bits per heavy atom. The molecule has 17 heteroatoms. The fourth-order valence-corrected chi connectivity index (χ4v) is 10.6. The summed E-state index contributed by atoms with van der Waals surface area (Å²) in [5.74, 6) is -8.04. The van der Waals surface area contributed by atoms with E-state index in [1.807, 2.05) is 0 Å². The van der Waals surface area contributed by atoms with Crippen LogP contribution in [0, 0.1) is 16.7 Å². The van der Waals surface area contributed by atoms with Crippen LogP contribution in [-0.2, 0) is 52.4 Å². The Labute approximate surface area is 387 Å². The second-order valence-corrected chi connectivity index (χ2v) is 18.6. The van der Waals surface area contributed by atoms with Gasteiger partial charge in [-0.15, -0.1) is 0 Å². The van der Waals surface area contributed by atoms with Gasteiger partial charge in [-0.3, -0.25) is 24.0 Å². The van der Waals surface area contributed by atoms with Crippen molar-refractivity contribution in [3.63, 3.8) is 0 Å². The minimum Gasteiger partial charge on any atom is -0.460 e. The van der Waals surface area contributed by atoms with E-state index in [1.165, 1.54) is 32.9 Å². The van der Waals surface area contributed by atoms with Crippen molar-refractivity contribution in [1.82, 2.24) is 5.32 Å². The lowest BCUT2D eigenvalue weighted by molar-refractivity contribution is -0.346. The van der Waals surface area contributed by atoms with Gasteiger partial charge in [0.25, 0.3) is 5.91 Å². The topological polar surface area (TPSA) is 253 Å². The van der Waals surface area contributed by atoms with Crippen molar-refractivity contribution in [1.29, 1.82) is 0 Å². The molecular weight excluding hydrogens is 869 g/mol. The van der Waals surface area contributed by atoms with Crippen LogP contribution >= 0.6 is 0 Å². The lowest BCUT2D eigenvalue weighted by Crippen LogP contribution is -2.82. The van der Waals surface area contributed by atoms with Crippen molar-refractivity contribution >= 4 is 41.5 Å². The van der Waals surface area contributed by atoms with Gasteiger partial charge in [0.1, 0.15) is 36.1 Å². The van der Waals surface area contributed by atoms with Crippen LogP contribution in [0.1, 0.15) is 93.6 Å². The molecule has 67 heavy (non-hydrogen) atoms. The predicted molar refractivity (Wildman–Crippen MR) is 235 cm³/mol. The molecule has 3 aliphatic carbocycles. The number of aliphatic hydroxyl groups is 2. The number of fused-ring (bicyclic) bond motifs is 5. The summed E-state index contributed by atoms with van der Waals surface area (Å²) in [7, 11) is 0. The molecule has 7 rings (SSSR count). The molecular formula is C50H56N2O15. The lowest BCUT2D eigenvalue weighted by atomic mass is 9.44. The van der Waals surface area contributed by atoms with Crippen LogP contribution in [0.4, 0.5) is 0 Å². The molecule has 1 amide bonds. The summed E-state index contributed by atoms with van der Waals surface area (Å²) in [6.45, 7) is 9.22. The first-order chi connectivity index (χ1) is 31.6. The minimum absolute atomic E-state index is 0.0360. The molecule has 1 saturated heterocycles. The van der Waals surface area contributed by atoms with Crippen molar-refractivity contribution < 1.29 is 72.2 Å². The first-order valence-corrected chi connectivity index (χ1v) is 22.1. The number of nitrogens with one attached hydrogen (secondary N) is 1. The van der Waals surface area contributed by atoms with E-state index in [0.717, 1.165) is 13.8 Å². The maximum absolute atomic E-state index is 16.0. The Balaban J connectivity index is 1.43. The number of carbonyl (C=O) groups excluding carboxylic acids is 7. The van der Waals surface area contributed by atoms with Gasteiger partial charge in [0.2, 0.25) is 0 Å². The van der Waals surface area contributed by atoms with E-state index in [1.54, 1.807) is 92.7 Å². The third-order valence-corrected chi connectivity index (χ3v) is 14.1. The third-order valence-electron chi connectivity index (χ3n) is 14.1. The first kappa shape index (κ1) is 48.7. The van der Waals surface area contributed by atoms with Crippen LogP contribution in [0.5, 0.6) is 0 Å². The molecule has 12 unspecified atom stereocenters. The highest BCUT2D eigenvalue weighted by atomic mass is 16.6. The Bertz CT molecular complexity index is 2460. The number of ketones is 1. The molecule has 2 bridgehead atoms. The molecule has 356 valence electrons. The van der Waals surface area contributed by atoms with Crippen LogP contribution in [0.2, 0.25) is 0 Å². The number of hydrogen-bond donors (Lipinski definition) is 4. The fraction of sp³-hybridized carbons (Fsp3) is 0.460. The zero-order valence-corrected chi connectivity index (χ0v) is 38.3. The maximum Gasteiger partial charge on any atom is 0.338 e. The monoisotopic (exact) mass is 924 g/mol. The second-order valence-electron chi connectivity index (χ2n) is 18.6. The molecule has 0 spiro atoms. The molecule has 4 aliphatic rings. The summed E-state index contributed by atoms with van der Waals surface area (Å²) in [6, 6.07) is 21.6. The largest absolute Gasteiger partial charge is 0.460 e. The molecule has 17 nitrogen and oxygen atoms in total. The highest BCUT2D eigenvalue weighted by molar-refractivity contribution is 5.96. The summed E-state index contributed by atoms with van der Waals surface area (Å²) in [6.07, 6.45) is -10.8. The summed E-state index contributed by atoms with van der Waals surface area (Å²) in [5, 5.41) is 28.5. The van der Waals surface area contributed by atoms with E-state index >= 15 is 4.79 Å². The van der Waals surface area contributed by atoms with Gasteiger partial charge in [0.15, 0.2) is 23.6 Å². The van der Waals surface area contributed by atoms with E-state index in [9.17, 15) is 39.0 Å². The van der Waals surface area contributed by atoms with Gasteiger partial charge < -0.3 is 49.7 Å². The number of benzene rings is 3. The fourth-order valence-electron chi connectivity index (χ4n) is 10.6. The van der Waals surface area contributed by atoms with Gasteiger partial charge in [0.05, 0.1) is 29.5 Å². The number of esters is 5. The molecule has 3 aromatic rings. The molecule has 0 radical (unpaired) electrons. The number of nitrogens with two attached hydrogens (primary N) is 1. The van der Waals surface area contributed by atoms with Crippen LogP contribution in [-0.4, -0.2) is 112 Å². The van der Waals surface area contributed by atoms with Gasteiger partial charge >= 0.3 is 29.8 Å². The van der Waals surface area contributed by atoms with Gasteiger partial charge in [0, 0.05) is 37.7 Å². The molecule has 5 N–H and O–H groups in total. The summed E-state index contributed by atoms with van der Waals surface area (Å²) < 4.78 is 36.8. The van der Waals surface area contributed by atoms with E-state index in [0.29, 0.717) is 5.56 Å². The maximum atomic E-state index is 16.0. The van der Waals surface area contributed by atoms with Gasteiger partial charge in [-0.1, -0.05) is 80.6 Å². The number of aliphatic hydroxyl groups excluding tert-OH is 1. The van der Waals surface area contributed by atoms with Gasteiger partial charge in [-0.05, 0) is 61.7 Å². The summed E-state index contributed by atoms with van der Waals surface area (Å²) in [4.78, 5) is 98.3. The number of amides is 1. The van der Waals surface area contributed by atoms with Gasteiger partial charge in [-0.2, -0.15) is 0 Å². The quantitative estimate of drug-likeness (QED) is 0.115. The normalized spacial score (nSPS) is 30.7. The van der Waals surface area contributed by atoms with Gasteiger partial charge in [-0.25, -0.2) is 9.59 Å². The van der Waals surface area contributed by atoms with Crippen molar-refractivity contribution in [2.24, 2.45) is 22.5 Å². The number of hydrogen-bond acceptors (Lipinski definition) is 16. The second kappa shape index (κ2) is 18.4. The summed E-state index contributed by atoms with van der Waals surface area (Å²) in [5.41, 5.74) is -1.49. The number of ether oxygens (including phenoxy) is 6. The predicted octanol–water partition coefficient (Wildman–Crippen LogP) is 3.63. The molecule has 3 fully saturated rings. The lowest BCUT2D eigenvalue weighted by Gasteiger charge is -2.67. The van der Waals surface area contributed by atoms with Crippen molar-refractivity contribution in [2.75, 3.05) is 6.61 Å². The number of rotatable bonds is 12. The smallest absolute Gasteiger partial charge is 0.338 e. The minimum atomic E-state index is -2.46. The summed E-state index contributed by atoms with van der Waals surface area (Å²) >= 11 is 0. The molecule has 3 aromatic carbocycles. The first-order valence-electron chi connectivity index (χ1n) is 22.1. The van der Waals surface area contributed by atoms with Crippen LogP contribution in [0.15, 0.2) is 102 Å². The van der Waals surface area contributed by atoms with E-state index < -0.39 is 125 Å². The average molecular weight is 925 g/mol. The molecule has 12 atom stereocenters.